The highest BCUT2D eigenvalue weighted by atomic mass is 16.5. The van der Waals surface area contributed by atoms with Gasteiger partial charge in [0.1, 0.15) is 23.1 Å². The number of ether oxygens (including phenoxy) is 1. The number of nitrogens with zero attached hydrogens (tertiary/aromatic N) is 5. The zero-order chi connectivity index (χ0) is 36.1. The molecule has 1 saturated heterocycles. The summed E-state index contributed by atoms with van der Waals surface area (Å²) >= 11 is 0. The second-order valence-corrected chi connectivity index (χ2v) is 13.6. The Balaban J connectivity index is 1.13. The first-order chi connectivity index (χ1) is 24.4. The van der Waals surface area contributed by atoms with Crippen molar-refractivity contribution in [3.63, 3.8) is 0 Å². The summed E-state index contributed by atoms with van der Waals surface area (Å²) in [6.45, 7) is 11.0. The van der Waals surface area contributed by atoms with Gasteiger partial charge in [0.25, 0.3) is 0 Å². The van der Waals surface area contributed by atoms with E-state index in [-0.39, 0.29) is 23.7 Å². The van der Waals surface area contributed by atoms with E-state index in [1.54, 1.807) is 33.8 Å². The van der Waals surface area contributed by atoms with Crippen LogP contribution in [0.25, 0.3) is 16.5 Å². The molecule has 3 heterocycles. The minimum absolute atomic E-state index is 0.107. The highest BCUT2D eigenvalue weighted by molar-refractivity contribution is 6.07. The molecule has 4 N–H and O–H groups in total. The lowest BCUT2D eigenvalue weighted by Gasteiger charge is -2.32. The second kappa shape index (κ2) is 14.9. The van der Waals surface area contributed by atoms with E-state index in [0.29, 0.717) is 36.1 Å². The number of pyridine rings is 1. The maximum Gasteiger partial charge on any atom is 0.324 e. The second-order valence-electron chi connectivity index (χ2n) is 13.6. The molecule has 51 heavy (non-hydrogen) atoms. The SMILES string of the molecule is Cc1ccc(-n2nc(C(C)(C)C)cc2NC(=O)Nc2ccc(Oc3ccnc(NC(=O)NCC(=O)N4CCN(C)CC4)c3)c3ccccc23)cc1. The fourth-order valence-corrected chi connectivity index (χ4v) is 5.61. The average molecular weight is 690 g/mol. The van der Waals surface area contributed by atoms with Gasteiger partial charge in [-0.1, -0.05) is 62.7 Å². The fraction of sp³-hybridized carbons (Fsp3) is 0.289. The van der Waals surface area contributed by atoms with Crippen molar-refractivity contribution in [2.45, 2.75) is 33.1 Å². The smallest absolute Gasteiger partial charge is 0.324 e. The zero-order valence-corrected chi connectivity index (χ0v) is 29.5. The first-order valence-corrected chi connectivity index (χ1v) is 16.9. The van der Waals surface area contributed by atoms with Crippen LogP contribution in [0.5, 0.6) is 11.5 Å². The summed E-state index contributed by atoms with van der Waals surface area (Å²) in [5.74, 6) is 1.66. The summed E-state index contributed by atoms with van der Waals surface area (Å²) in [6.07, 6.45) is 1.52. The van der Waals surface area contributed by atoms with E-state index in [0.717, 1.165) is 40.8 Å². The van der Waals surface area contributed by atoms with E-state index in [4.69, 9.17) is 9.84 Å². The number of hydrogen-bond acceptors (Lipinski definition) is 7. The van der Waals surface area contributed by atoms with Gasteiger partial charge in [0.05, 0.1) is 23.6 Å². The first-order valence-electron chi connectivity index (χ1n) is 16.9. The Morgan fingerprint density at radius 1 is 0.824 bits per heavy atom. The highest BCUT2D eigenvalue weighted by Gasteiger charge is 2.22. The molecule has 0 bridgehead atoms. The summed E-state index contributed by atoms with van der Waals surface area (Å²) in [6, 6.07) is 23.3. The van der Waals surface area contributed by atoms with Crippen LogP contribution in [0.1, 0.15) is 32.0 Å². The van der Waals surface area contributed by atoms with E-state index in [9.17, 15) is 14.4 Å². The summed E-state index contributed by atoms with van der Waals surface area (Å²) in [7, 11) is 2.02. The number of piperazine rings is 1. The van der Waals surface area contributed by atoms with Gasteiger partial charge in [-0.3, -0.25) is 15.4 Å². The summed E-state index contributed by atoms with van der Waals surface area (Å²) < 4.78 is 7.99. The molecule has 5 amide bonds. The lowest BCUT2D eigenvalue weighted by atomic mass is 9.92. The van der Waals surface area contributed by atoms with E-state index in [1.165, 1.54) is 6.20 Å². The van der Waals surface area contributed by atoms with Crippen LogP contribution < -0.4 is 26.0 Å². The molecule has 6 rings (SSSR count). The number of likely N-dealkylation sites (N-methyl/N-ethyl adjacent to an activating group) is 1. The quantitative estimate of drug-likeness (QED) is 0.148. The Bertz CT molecular complexity index is 2050. The topological polar surface area (TPSA) is 146 Å². The number of urea groups is 2. The Morgan fingerprint density at radius 3 is 2.27 bits per heavy atom. The van der Waals surface area contributed by atoms with Crippen LogP contribution in [-0.4, -0.2) is 82.3 Å². The van der Waals surface area contributed by atoms with E-state index < -0.39 is 12.1 Å². The maximum atomic E-state index is 13.4. The normalized spacial score (nSPS) is 13.5. The third-order valence-corrected chi connectivity index (χ3v) is 8.59. The fourth-order valence-electron chi connectivity index (χ4n) is 5.61. The van der Waals surface area contributed by atoms with Crippen LogP contribution in [0.3, 0.4) is 0 Å². The number of aryl methyl sites for hydroxylation is 1. The van der Waals surface area contributed by atoms with Gasteiger partial charge < -0.3 is 25.2 Å². The van der Waals surface area contributed by atoms with Gasteiger partial charge in [0, 0.05) is 60.7 Å². The molecule has 0 spiro atoms. The predicted molar refractivity (Wildman–Crippen MR) is 199 cm³/mol. The number of benzene rings is 3. The van der Waals surface area contributed by atoms with Gasteiger partial charge in [0.15, 0.2) is 0 Å². The molecule has 0 atom stereocenters. The summed E-state index contributed by atoms with van der Waals surface area (Å²) in [4.78, 5) is 46.6. The Labute approximate surface area is 297 Å². The molecule has 1 aliphatic heterocycles. The van der Waals surface area contributed by atoms with Crippen LogP contribution in [0, 0.1) is 6.92 Å². The molecule has 0 radical (unpaired) electrons. The number of amides is 5. The van der Waals surface area contributed by atoms with E-state index >= 15 is 0 Å². The Morgan fingerprint density at radius 2 is 1.55 bits per heavy atom. The van der Waals surface area contributed by atoms with Crippen LogP contribution in [0.2, 0.25) is 0 Å². The Kier molecular flexibility index (Phi) is 10.2. The number of carbonyl (C=O) groups excluding carboxylic acids is 3. The molecule has 1 aliphatic rings. The van der Waals surface area contributed by atoms with Gasteiger partial charge in [-0.2, -0.15) is 5.10 Å². The number of rotatable bonds is 8. The van der Waals surface area contributed by atoms with Crippen LogP contribution in [0.15, 0.2) is 85.1 Å². The van der Waals surface area contributed by atoms with Gasteiger partial charge in [-0.25, -0.2) is 19.3 Å². The van der Waals surface area contributed by atoms with Crippen LogP contribution in [-0.2, 0) is 10.2 Å². The van der Waals surface area contributed by atoms with Crippen LogP contribution in [0.4, 0.5) is 26.9 Å². The number of anilines is 3. The highest BCUT2D eigenvalue weighted by Crippen LogP contribution is 2.35. The zero-order valence-electron chi connectivity index (χ0n) is 29.5. The number of hydrogen-bond donors (Lipinski definition) is 4. The standard InChI is InChI=1S/C38H43N9O4/c1-25-10-12-26(13-11-25)47-34(23-32(44-47)38(2,3)4)43-37(50)41-30-14-15-31(29-9-7-6-8-28(29)30)51-27-16-17-39-33(22-27)42-36(49)40-24-35(48)46-20-18-45(5)19-21-46/h6-17,22-23H,18-21,24H2,1-5H3,(H2,41,43,50)(H2,39,40,42,49). The molecule has 264 valence electrons. The largest absolute Gasteiger partial charge is 0.457 e. The third kappa shape index (κ3) is 8.62. The predicted octanol–water partition coefficient (Wildman–Crippen LogP) is 6.36. The number of aromatic nitrogens is 3. The number of nitrogens with one attached hydrogen (secondary N) is 4. The van der Waals surface area contributed by atoms with Gasteiger partial charge in [-0.05, 0) is 44.3 Å². The average Bonchev–Trinajstić information content (AvgIpc) is 3.53. The van der Waals surface area contributed by atoms with Crippen molar-refractivity contribution in [1.82, 2.24) is 29.9 Å². The van der Waals surface area contributed by atoms with E-state index in [2.05, 4.69) is 51.9 Å². The molecule has 1 fully saturated rings. The lowest BCUT2D eigenvalue weighted by molar-refractivity contribution is -0.131. The van der Waals surface area contributed by atoms with Gasteiger partial charge in [0.2, 0.25) is 5.91 Å². The van der Waals surface area contributed by atoms with Crippen molar-refractivity contribution < 1.29 is 19.1 Å². The van der Waals surface area contributed by atoms with Gasteiger partial charge >= 0.3 is 12.1 Å². The molecule has 5 aromatic rings. The molecule has 2 aromatic heterocycles. The van der Waals surface area contributed by atoms with Crippen molar-refractivity contribution in [3.05, 3.63) is 96.3 Å². The van der Waals surface area contributed by atoms with Crippen molar-refractivity contribution in [3.8, 4) is 17.2 Å². The van der Waals surface area contributed by atoms with Crippen molar-refractivity contribution in [1.29, 1.82) is 0 Å². The van der Waals surface area contributed by atoms with E-state index in [1.807, 2.05) is 68.6 Å². The molecule has 3 aromatic carbocycles. The maximum absolute atomic E-state index is 13.4. The first kappa shape index (κ1) is 34.9. The van der Waals surface area contributed by atoms with Crippen molar-refractivity contribution >= 4 is 46.1 Å². The molecule has 0 aliphatic carbocycles. The van der Waals surface area contributed by atoms with Gasteiger partial charge in [-0.15, -0.1) is 0 Å². The minimum atomic E-state index is -0.544. The molecule has 13 heteroatoms. The number of fused-ring (bicyclic) bond motifs is 1. The minimum Gasteiger partial charge on any atom is -0.457 e. The summed E-state index contributed by atoms with van der Waals surface area (Å²) in [5.41, 5.74) is 3.18. The molecule has 0 unspecified atom stereocenters. The van der Waals surface area contributed by atoms with Crippen molar-refractivity contribution in [2.24, 2.45) is 0 Å². The third-order valence-electron chi connectivity index (χ3n) is 8.59. The van der Waals surface area contributed by atoms with Crippen LogP contribution >= 0.6 is 0 Å². The molecule has 0 saturated carbocycles. The number of carbonyl (C=O) groups is 3. The monoisotopic (exact) mass is 689 g/mol. The lowest BCUT2D eigenvalue weighted by Crippen LogP contribution is -2.50. The molecular formula is C38H43N9O4. The summed E-state index contributed by atoms with van der Waals surface area (Å²) in [5, 5.41) is 17.6. The molecular weight excluding hydrogens is 646 g/mol. The van der Waals surface area contributed by atoms with Crippen molar-refractivity contribution in [2.75, 3.05) is 55.7 Å². The Hall–Kier alpha value is -5.95. The molecule has 13 nitrogen and oxygen atoms in total.